The van der Waals surface area contributed by atoms with Crippen molar-refractivity contribution in [3.8, 4) is 0 Å². The molecule has 44 valence electrons. The number of hydrogen-bond donors (Lipinski definition) is 0. The SMILES string of the molecule is ICCc1ccsc1. The van der Waals surface area contributed by atoms with Gasteiger partial charge in [0.2, 0.25) is 0 Å². The third-order valence-corrected chi connectivity index (χ3v) is 2.23. The monoisotopic (exact) mass is 238 g/mol. The zero-order valence-electron chi connectivity index (χ0n) is 4.43. The van der Waals surface area contributed by atoms with E-state index in [1.165, 1.54) is 16.4 Å². The molecule has 0 N–H and O–H groups in total. The van der Waals surface area contributed by atoms with E-state index in [4.69, 9.17) is 0 Å². The van der Waals surface area contributed by atoms with Gasteiger partial charge in [0.25, 0.3) is 0 Å². The average Bonchev–Trinajstić information content (AvgIpc) is 2.19. The Morgan fingerprint density at radius 3 is 3.00 bits per heavy atom. The number of halogens is 1. The van der Waals surface area contributed by atoms with Crippen LogP contribution in [0.3, 0.4) is 0 Å². The summed E-state index contributed by atoms with van der Waals surface area (Å²) in [5.41, 5.74) is 1.48. The molecule has 0 aromatic carbocycles. The second-order valence-electron chi connectivity index (χ2n) is 1.57. The average molecular weight is 238 g/mol. The lowest BCUT2D eigenvalue weighted by atomic mass is 10.3. The Bertz CT molecular complexity index is 134. The van der Waals surface area contributed by atoms with Gasteiger partial charge < -0.3 is 0 Å². The molecule has 0 unspecified atom stereocenters. The van der Waals surface area contributed by atoms with E-state index in [-0.39, 0.29) is 0 Å². The Kier molecular flexibility index (Phi) is 2.83. The van der Waals surface area contributed by atoms with Gasteiger partial charge in [0, 0.05) is 4.43 Å². The van der Waals surface area contributed by atoms with Crippen molar-refractivity contribution < 1.29 is 0 Å². The normalized spacial score (nSPS) is 9.62. The van der Waals surface area contributed by atoms with Crippen LogP contribution in [0.1, 0.15) is 5.56 Å². The van der Waals surface area contributed by atoms with E-state index in [0.29, 0.717) is 0 Å². The first-order chi connectivity index (χ1) is 3.93. The van der Waals surface area contributed by atoms with Crippen LogP contribution in [0.5, 0.6) is 0 Å². The molecule has 0 radical (unpaired) electrons. The third-order valence-electron chi connectivity index (χ3n) is 0.963. The van der Waals surface area contributed by atoms with Gasteiger partial charge in [0.05, 0.1) is 0 Å². The lowest BCUT2D eigenvalue weighted by Crippen LogP contribution is -1.77. The Balaban J connectivity index is 2.50. The second-order valence-corrected chi connectivity index (χ2v) is 3.43. The standard InChI is InChI=1S/C6H7IS/c7-3-1-6-2-4-8-5-6/h2,4-5H,1,3H2. The van der Waals surface area contributed by atoms with Gasteiger partial charge in [-0.3, -0.25) is 0 Å². The third kappa shape index (κ3) is 1.74. The molecular weight excluding hydrogens is 231 g/mol. The summed E-state index contributed by atoms with van der Waals surface area (Å²) < 4.78 is 1.23. The van der Waals surface area contributed by atoms with Crippen LogP contribution in [0.15, 0.2) is 16.8 Å². The van der Waals surface area contributed by atoms with Crippen molar-refractivity contribution in [2.24, 2.45) is 0 Å². The van der Waals surface area contributed by atoms with Crippen LogP contribution in [0.4, 0.5) is 0 Å². The van der Waals surface area contributed by atoms with E-state index < -0.39 is 0 Å². The van der Waals surface area contributed by atoms with Crippen molar-refractivity contribution in [3.63, 3.8) is 0 Å². The predicted molar refractivity (Wildman–Crippen MR) is 46.9 cm³/mol. The maximum absolute atomic E-state index is 2.39. The van der Waals surface area contributed by atoms with E-state index in [0.717, 1.165) is 0 Å². The summed E-state index contributed by atoms with van der Waals surface area (Å²) in [6.45, 7) is 0. The minimum Gasteiger partial charge on any atom is -0.152 e. The summed E-state index contributed by atoms with van der Waals surface area (Å²) in [5.74, 6) is 0. The Hall–Kier alpha value is 0.430. The molecule has 0 saturated heterocycles. The van der Waals surface area contributed by atoms with Crippen molar-refractivity contribution in [1.82, 2.24) is 0 Å². The highest BCUT2D eigenvalue weighted by molar-refractivity contribution is 14.1. The number of aryl methyl sites for hydroxylation is 1. The molecule has 0 fully saturated rings. The van der Waals surface area contributed by atoms with Gasteiger partial charge in [-0.15, -0.1) is 0 Å². The quantitative estimate of drug-likeness (QED) is 0.549. The summed E-state index contributed by atoms with van der Waals surface area (Å²) in [6, 6.07) is 2.18. The van der Waals surface area contributed by atoms with Gasteiger partial charge >= 0.3 is 0 Å². The molecule has 0 atom stereocenters. The summed E-state index contributed by atoms with van der Waals surface area (Å²) in [6.07, 6.45) is 1.23. The van der Waals surface area contributed by atoms with Crippen LogP contribution in [-0.2, 0) is 6.42 Å². The maximum atomic E-state index is 2.39. The molecular formula is C6H7IS. The molecule has 0 saturated carbocycles. The lowest BCUT2D eigenvalue weighted by molar-refractivity contribution is 1.20. The summed E-state index contributed by atoms with van der Waals surface area (Å²) in [7, 11) is 0. The summed E-state index contributed by atoms with van der Waals surface area (Å²) in [4.78, 5) is 0. The molecule has 0 bridgehead atoms. The molecule has 8 heavy (non-hydrogen) atoms. The van der Waals surface area contributed by atoms with Crippen molar-refractivity contribution >= 4 is 33.9 Å². The van der Waals surface area contributed by atoms with Crippen LogP contribution in [0.2, 0.25) is 0 Å². The second kappa shape index (κ2) is 3.45. The van der Waals surface area contributed by atoms with Gasteiger partial charge in [-0.1, -0.05) is 22.6 Å². The first-order valence-electron chi connectivity index (χ1n) is 2.50. The molecule has 1 heterocycles. The van der Waals surface area contributed by atoms with Gasteiger partial charge in [-0.05, 0) is 28.8 Å². The molecule has 1 aromatic heterocycles. The smallest absolute Gasteiger partial charge is 0.00361 e. The van der Waals surface area contributed by atoms with Crippen LogP contribution in [-0.4, -0.2) is 4.43 Å². The molecule has 0 aliphatic heterocycles. The zero-order chi connectivity index (χ0) is 5.82. The fourth-order valence-electron chi connectivity index (χ4n) is 0.544. The minimum absolute atomic E-state index is 1.23. The number of hydrogen-bond acceptors (Lipinski definition) is 1. The molecule has 0 aliphatic carbocycles. The molecule has 0 amide bonds. The molecule has 0 aliphatic rings. The Morgan fingerprint density at radius 1 is 1.62 bits per heavy atom. The fourth-order valence-corrected chi connectivity index (χ4v) is 1.87. The van der Waals surface area contributed by atoms with Gasteiger partial charge in [0.1, 0.15) is 0 Å². The van der Waals surface area contributed by atoms with Crippen LogP contribution >= 0.6 is 33.9 Å². The minimum atomic E-state index is 1.23. The molecule has 0 spiro atoms. The van der Waals surface area contributed by atoms with Crippen LogP contribution < -0.4 is 0 Å². The topological polar surface area (TPSA) is 0 Å². The van der Waals surface area contributed by atoms with Crippen molar-refractivity contribution in [1.29, 1.82) is 0 Å². The molecule has 1 aromatic rings. The van der Waals surface area contributed by atoms with E-state index in [2.05, 4.69) is 39.4 Å². The van der Waals surface area contributed by atoms with E-state index in [9.17, 15) is 0 Å². The molecule has 0 nitrogen and oxygen atoms in total. The number of rotatable bonds is 2. The van der Waals surface area contributed by atoms with Gasteiger partial charge in [-0.2, -0.15) is 11.3 Å². The Morgan fingerprint density at radius 2 is 2.50 bits per heavy atom. The fraction of sp³-hybridized carbons (Fsp3) is 0.333. The van der Waals surface area contributed by atoms with E-state index in [1.807, 2.05) is 0 Å². The largest absolute Gasteiger partial charge is 0.152 e. The van der Waals surface area contributed by atoms with Crippen molar-refractivity contribution in [3.05, 3.63) is 22.4 Å². The predicted octanol–water partition coefficient (Wildman–Crippen LogP) is 2.73. The first kappa shape index (κ1) is 6.55. The van der Waals surface area contributed by atoms with Gasteiger partial charge in [0.15, 0.2) is 0 Å². The van der Waals surface area contributed by atoms with E-state index >= 15 is 0 Å². The number of alkyl halides is 1. The number of thiophene rings is 1. The van der Waals surface area contributed by atoms with Crippen molar-refractivity contribution in [2.45, 2.75) is 6.42 Å². The molecule has 2 heteroatoms. The summed E-state index contributed by atoms with van der Waals surface area (Å²) in [5, 5.41) is 4.33. The highest BCUT2D eigenvalue weighted by Crippen LogP contribution is 2.07. The van der Waals surface area contributed by atoms with Crippen LogP contribution in [0.25, 0.3) is 0 Å². The first-order valence-corrected chi connectivity index (χ1v) is 4.97. The Labute approximate surface area is 67.1 Å². The maximum Gasteiger partial charge on any atom is 0.00361 e. The van der Waals surface area contributed by atoms with Crippen molar-refractivity contribution in [2.75, 3.05) is 4.43 Å². The molecule has 1 rings (SSSR count). The highest BCUT2D eigenvalue weighted by Gasteiger charge is 1.87. The van der Waals surface area contributed by atoms with Gasteiger partial charge in [-0.25, -0.2) is 0 Å². The van der Waals surface area contributed by atoms with E-state index in [1.54, 1.807) is 11.3 Å². The lowest BCUT2D eigenvalue weighted by Gasteiger charge is -1.84. The van der Waals surface area contributed by atoms with Crippen LogP contribution in [0, 0.1) is 0 Å². The highest BCUT2D eigenvalue weighted by atomic mass is 127. The summed E-state index contributed by atoms with van der Waals surface area (Å²) >= 11 is 4.17. The zero-order valence-corrected chi connectivity index (χ0v) is 7.41.